The summed E-state index contributed by atoms with van der Waals surface area (Å²) >= 11 is 0. The van der Waals surface area contributed by atoms with Crippen molar-refractivity contribution in [1.29, 1.82) is 0 Å². The number of nitrogens with zero attached hydrogens (tertiary/aromatic N) is 6. The van der Waals surface area contributed by atoms with Gasteiger partial charge < -0.3 is 49.6 Å². The number of fused-ring (bicyclic) bond motifs is 2. The van der Waals surface area contributed by atoms with Gasteiger partial charge in [-0.15, -0.1) is 0 Å². The number of likely N-dealkylation sites (N-methyl/N-ethyl adjacent to an activating group) is 1. The molecule has 0 spiro atoms. The van der Waals surface area contributed by atoms with Gasteiger partial charge in [-0.25, -0.2) is 9.97 Å². The van der Waals surface area contributed by atoms with Crippen molar-refractivity contribution in [1.82, 2.24) is 24.0 Å². The molecule has 0 aliphatic carbocycles. The van der Waals surface area contributed by atoms with Crippen molar-refractivity contribution in [3.05, 3.63) is 30.3 Å². The molecule has 1 fully saturated rings. The smallest absolute Gasteiger partial charge is 0.167 e. The topological polar surface area (TPSA) is 164 Å². The molecule has 12 nitrogen and oxygen atoms in total. The van der Waals surface area contributed by atoms with E-state index in [9.17, 15) is 30.6 Å². The maximum Gasteiger partial charge on any atom is 0.167 e. The SMILES string of the molecule is CN1CCN(c2cc(O)c3c(nc(-c4cc(O)c5c(nc(-c6ccc(O)c(O)c6)n5C)c4O)n3C)c2O)CC1. The van der Waals surface area contributed by atoms with E-state index in [0.717, 1.165) is 13.1 Å². The maximum absolute atomic E-state index is 11.3. The number of imidazole rings is 2. The number of hydrogen-bond donors (Lipinski definition) is 6. The largest absolute Gasteiger partial charge is 0.506 e. The van der Waals surface area contributed by atoms with Crippen molar-refractivity contribution in [2.24, 2.45) is 14.1 Å². The van der Waals surface area contributed by atoms with Crippen LogP contribution in [0.5, 0.6) is 34.5 Å². The van der Waals surface area contributed by atoms with Crippen molar-refractivity contribution in [2.45, 2.75) is 0 Å². The van der Waals surface area contributed by atoms with Gasteiger partial charge in [0.15, 0.2) is 23.0 Å². The number of aromatic nitrogens is 4. The Morgan fingerprint density at radius 1 is 0.615 bits per heavy atom. The molecule has 3 aromatic carbocycles. The average molecular weight is 533 g/mol. The van der Waals surface area contributed by atoms with Gasteiger partial charge in [-0.3, -0.25) is 0 Å². The number of hydrogen-bond acceptors (Lipinski definition) is 10. The van der Waals surface area contributed by atoms with Crippen LogP contribution in [0.2, 0.25) is 0 Å². The molecule has 6 N–H and O–H groups in total. The first kappa shape index (κ1) is 24.5. The minimum Gasteiger partial charge on any atom is -0.506 e. The van der Waals surface area contributed by atoms with Gasteiger partial charge in [0.2, 0.25) is 0 Å². The lowest BCUT2D eigenvalue weighted by Crippen LogP contribution is -2.44. The predicted octanol–water partition coefficient (Wildman–Crippen LogP) is 2.78. The first-order valence-electron chi connectivity index (χ1n) is 12.4. The zero-order chi connectivity index (χ0) is 27.7. The van der Waals surface area contributed by atoms with Crippen LogP contribution < -0.4 is 4.90 Å². The highest BCUT2D eigenvalue weighted by Crippen LogP contribution is 2.46. The molecular weight excluding hydrogens is 504 g/mol. The highest BCUT2D eigenvalue weighted by atomic mass is 16.3. The van der Waals surface area contributed by atoms with E-state index in [-0.39, 0.29) is 68.0 Å². The van der Waals surface area contributed by atoms with Crippen LogP contribution in [0.3, 0.4) is 0 Å². The molecule has 12 heteroatoms. The lowest BCUT2D eigenvalue weighted by atomic mass is 10.1. The summed E-state index contributed by atoms with van der Waals surface area (Å²) in [5.41, 5.74) is 1.87. The van der Waals surface area contributed by atoms with Gasteiger partial charge in [-0.1, -0.05) is 0 Å². The molecule has 0 amide bonds. The van der Waals surface area contributed by atoms with E-state index in [4.69, 9.17) is 0 Å². The summed E-state index contributed by atoms with van der Waals surface area (Å²) in [4.78, 5) is 13.3. The second-order valence-corrected chi connectivity index (χ2v) is 9.93. The van der Waals surface area contributed by atoms with Gasteiger partial charge in [-0.05, 0) is 31.3 Å². The van der Waals surface area contributed by atoms with Crippen molar-refractivity contribution >= 4 is 27.8 Å². The van der Waals surface area contributed by atoms with Crippen LogP contribution in [0.4, 0.5) is 5.69 Å². The normalized spacial score (nSPS) is 14.6. The Bertz CT molecular complexity index is 1780. The molecule has 0 atom stereocenters. The predicted molar refractivity (Wildman–Crippen MR) is 146 cm³/mol. The second kappa shape index (κ2) is 8.60. The molecule has 0 bridgehead atoms. The number of phenolic OH excluding ortho intramolecular Hbond substituents is 6. The first-order valence-corrected chi connectivity index (χ1v) is 12.4. The van der Waals surface area contributed by atoms with E-state index in [1.165, 1.54) is 24.3 Å². The van der Waals surface area contributed by atoms with E-state index in [0.29, 0.717) is 30.2 Å². The fourth-order valence-electron chi connectivity index (χ4n) is 5.32. The molecule has 0 radical (unpaired) electrons. The van der Waals surface area contributed by atoms with E-state index in [1.807, 2.05) is 11.9 Å². The molecule has 1 aliphatic rings. The van der Waals surface area contributed by atoms with Crippen molar-refractivity contribution in [3.8, 4) is 57.3 Å². The van der Waals surface area contributed by atoms with Gasteiger partial charge >= 0.3 is 0 Å². The molecule has 1 saturated heterocycles. The number of phenols is 6. The number of rotatable bonds is 3. The van der Waals surface area contributed by atoms with Gasteiger partial charge in [0, 0.05) is 51.9 Å². The molecule has 39 heavy (non-hydrogen) atoms. The Balaban J connectivity index is 1.52. The zero-order valence-electron chi connectivity index (χ0n) is 21.6. The van der Waals surface area contributed by atoms with E-state index >= 15 is 0 Å². The minimum atomic E-state index is -0.330. The average Bonchev–Trinajstić information content (AvgIpc) is 3.44. The van der Waals surface area contributed by atoms with Crippen LogP contribution >= 0.6 is 0 Å². The highest BCUT2D eigenvalue weighted by molar-refractivity contribution is 5.99. The monoisotopic (exact) mass is 532 g/mol. The zero-order valence-corrected chi connectivity index (χ0v) is 21.6. The third-order valence-corrected chi connectivity index (χ3v) is 7.49. The van der Waals surface area contributed by atoms with Crippen LogP contribution in [0.1, 0.15) is 0 Å². The third-order valence-electron chi connectivity index (χ3n) is 7.49. The fourth-order valence-corrected chi connectivity index (χ4v) is 5.32. The quantitative estimate of drug-likeness (QED) is 0.150. The van der Waals surface area contributed by atoms with Crippen LogP contribution in [0.25, 0.3) is 44.8 Å². The molecule has 0 unspecified atom stereocenters. The third kappa shape index (κ3) is 3.63. The fraction of sp³-hybridized carbons (Fsp3) is 0.259. The van der Waals surface area contributed by atoms with Gasteiger partial charge in [0.05, 0.1) is 11.3 Å². The highest BCUT2D eigenvalue weighted by Gasteiger charge is 2.27. The number of aromatic hydroxyl groups is 6. The number of piperazine rings is 1. The summed E-state index contributed by atoms with van der Waals surface area (Å²) in [6, 6.07) is 7.09. The van der Waals surface area contributed by atoms with Crippen LogP contribution in [-0.4, -0.2) is 87.9 Å². The lowest BCUT2D eigenvalue weighted by molar-refractivity contribution is 0.311. The second-order valence-electron chi connectivity index (χ2n) is 9.93. The number of aryl methyl sites for hydroxylation is 2. The van der Waals surface area contributed by atoms with Crippen molar-refractivity contribution < 1.29 is 30.6 Å². The van der Waals surface area contributed by atoms with Gasteiger partial charge in [0.25, 0.3) is 0 Å². The van der Waals surface area contributed by atoms with Crippen molar-refractivity contribution in [3.63, 3.8) is 0 Å². The summed E-state index contributed by atoms with van der Waals surface area (Å²) in [6.45, 7) is 2.99. The standard InChI is InChI=1S/C27H28N6O6/c1-30-6-8-33(9-7-30)15-12-19(37)23-21(25(15)39)29-27(32(23)3)14-11-18(36)22-20(24(14)38)28-26(31(22)2)13-4-5-16(34)17(35)10-13/h4-5,10-12,34-39H,6-9H2,1-3H3. The summed E-state index contributed by atoms with van der Waals surface area (Å²) in [6.07, 6.45) is 0. The van der Waals surface area contributed by atoms with E-state index < -0.39 is 0 Å². The summed E-state index contributed by atoms with van der Waals surface area (Å²) in [7, 11) is 5.32. The Morgan fingerprint density at radius 2 is 1.21 bits per heavy atom. The molecule has 2 aromatic heterocycles. The summed E-state index contributed by atoms with van der Waals surface area (Å²) < 4.78 is 3.11. The maximum atomic E-state index is 11.3. The Hall–Kier alpha value is -4.84. The minimum absolute atomic E-state index is 0.0740. The Kier molecular flexibility index (Phi) is 5.40. The molecule has 0 saturated carbocycles. The van der Waals surface area contributed by atoms with Gasteiger partial charge in [-0.2, -0.15) is 0 Å². The Labute approximate surface area is 222 Å². The van der Waals surface area contributed by atoms with Crippen LogP contribution in [-0.2, 0) is 14.1 Å². The summed E-state index contributed by atoms with van der Waals surface area (Å²) in [5, 5.41) is 64.0. The van der Waals surface area contributed by atoms with E-state index in [1.54, 1.807) is 29.3 Å². The number of benzene rings is 3. The first-order chi connectivity index (χ1) is 18.6. The number of anilines is 1. The van der Waals surface area contributed by atoms with Gasteiger partial charge in [0.1, 0.15) is 45.2 Å². The summed E-state index contributed by atoms with van der Waals surface area (Å²) in [5.74, 6) is -0.666. The Morgan fingerprint density at radius 3 is 1.87 bits per heavy atom. The molecule has 3 heterocycles. The van der Waals surface area contributed by atoms with Crippen LogP contribution in [0, 0.1) is 0 Å². The van der Waals surface area contributed by atoms with Crippen LogP contribution in [0.15, 0.2) is 30.3 Å². The molecule has 5 aromatic rings. The van der Waals surface area contributed by atoms with Crippen molar-refractivity contribution in [2.75, 3.05) is 38.1 Å². The molecule has 202 valence electrons. The molecular formula is C27H28N6O6. The lowest BCUT2D eigenvalue weighted by Gasteiger charge is -2.34. The molecule has 1 aliphatic heterocycles. The van der Waals surface area contributed by atoms with E-state index in [2.05, 4.69) is 14.9 Å². The molecule has 6 rings (SSSR count).